The zero-order chi connectivity index (χ0) is 11.7. The molecule has 0 spiro atoms. The van der Waals surface area contributed by atoms with E-state index in [2.05, 4.69) is 29.2 Å². The lowest BCUT2D eigenvalue weighted by atomic mass is 9.94. The molecule has 0 aliphatic carbocycles. The fourth-order valence-corrected chi connectivity index (χ4v) is 3.37. The number of methoxy groups -OCH3 is 1. The van der Waals surface area contributed by atoms with Crippen molar-refractivity contribution >= 4 is 0 Å². The van der Waals surface area contributed by atoms with Gasteiger partial charge in [0.2, 0.25) is 0 Å². The second-order valence-electron chi connectivity index (χ2n) is 5.35. The largest absolute Gasteiger partial charge is 0.497 e. The molecule has 2 saturated heterocycles. The lowest BCUT2D eigenvalue weighted by Crippen LogP contribution is -2.33. The first kappa shape index (κ1) is 11.1. The first-order valence-electron chi connectivity index (χ1n) is 6.75. The Hall–Kier alpha value is -1.02. The average molecular weight is 231 g/mol. The molecular weight excluding hydrogens is 210 g/mol. The molecule has 1 unspecified atom stereocenters. The second kappa shape index (κ2) is 4.69. The van der Waals surface area contributed by atoms with E-state index < -0.39 is 0 Å². The lowest BCUT2D eigenvalue weighted by Gasteiger charge is -2.28. The first-order chi connectivity index (χ1) is 8.36. The molecule has 0 N–H and O–H groups in total. The van der Waals surface area contributed by atoms with Crippen LogP contribution >= 0.6 is 0 Å². The van der Waals surface area contributed by atoms with Gasteiger partial charge >= 0.3 is 0 Å². The summed E-state index contributed by atoms with van der Waals surface area (Å²) >= 11 is 0. The Kier molecular flexibility index (Phi) is 3.06. The molecule has 2 fully saturated rings. The number of nitrogens with zero attached hydrogens (tertiary/aromatic N) is 1. The smallest absolute Gasteiger partial charge is 0.118 e. The highest BCUT2D eigenvalue weighted by Gasteiger charge is 2.33. The number of ether oxygens (including phenoxy) is 1. The average Bonchev–Trinajstić information content (AvgIpc) is 2.82. The van der Waals surface area contributed by atoms with E-state index in [9.17, 15) is 0 Å². The molecule has 0 saturated carbocycles. The van der Waals surface area contributed by atoms with Gasteiger partial charge in [-0.25, -0.2) is 0 Å². The highest BCUT2D eigenvalue weighted by molar-refractivity contribution is 5.30. The van der Waals surface area contributed by atoms with Gasteiger partial charge in [-0.1, -0.05) is 18.6 Å². The Labute approximate surface area is 104 Å². The van der Waals surface area contributed by atoms with Gasteiger partial charge in [0.1, 0.15) is 5.75 Å². The standard InChI is InChI=1S/C15H21NO/c1-17-15-7-5-12(6-8-15)13-10-14-4-2-3-9-16(14)11-13/h5-8,13-14H,2-4,9-11H2,1H3/t13?,14-/m0/s1. The minimum Gasteiger partial charge on any atom is -0.497 e. The molecule has 2 heteroatoms. The number of hydrogen-bond acceptors (Lipinski definition) is 2. The van der Waals surface area contributed by atoms with E-state index in [1.54, 1.807) is 7.11 Å². The summed E-state index contributed by atoms with van der Waals surface area (Å²) in [5.74, 6) is 1.70. The highest BCUT2D eigenvalue weighted by atomic mass is 16.5. The molecule has 0 amide bonds. The van der Waals surface area contributed by atoms with E-state index in [4.69, 9.17) is 4.74 Å². The predicted octanol–water partition coefficient (Wildman–Crippen LogP) is 3.04. The van der Waals surface area contributed by atoms with Gasteiger partial charge in [-0.15, -0.1) is 0 Å². The Bertz CT molecular complexity index is 359. The molecule has 0 bridgehead atoms. The summed E-state index contributed by atoms with van der Waals surface area (Å²) in [4.78, 5) is 2.69. The third-order valence-electron chi connectivity index (χ3n) is 4.35. The number of piperidine rings is 1. The van der Waals surface area contributed by atoms with Gasteiger partial charge in [-0.3, -0.25) is 4.90 Å². The molecule has 92 valence electrons. The summed E-state index contributed by atoms with van der Waals surface area (Å²) in [6.07, 6.45) is 5.58. The maximum absolute atomic E-state index is 5.22. The summed E-state index contributed by atoms with van der Waals surface area (Å²) in [7, 11) is 1.73. The Morgan fingerprint density at radius 2 is 2.00 bits per heavy atom. The van der Waals surface area contributed by atoms with Crippen molar-refractivity contribution in [2.24, 2.45) is 0 Å². The molecule has 2 atom stereocenters. The van der Waals surface area contributed by atoms with Crippen LogP contribution in [0.2, 0.25) is 0 Å². The van der Waals surface area contributed by atoms with Crippen LogP contribution in [0.15, 0.2) is 24.3 Å². The van der Waals surface area contributed by atoms with E-state index in [1.165, 1.54) is 44.3 Å². The summed E-state index contributed by atoms with van der Waals surface area (Å²) in [5.41, 5.74) is 1.49. The van der Waals surface area contributed by atoms with Crippen LogP contribution in [-0.2, 0) is 0 Å². The monoisotopic (exact) mass is 231 g/mol. The Morgan fingerprint density at radius 1 is 1.18 bits per heavy atom. The van der Waals surface area contributed by atoms with E-state index in [1.807, 2.05) is 0 Å². The summed E-state index contributed by atoms with van der Waals surface area (Å²) in [6.45, 7) is 2.58. The Balaban J connectivity index is 1.72. The minimum atomic E-state index is 0.740. The van der Waals surface area contributed by atoms with Crippen LogP contribution in [0.5, 0.6) is 5.75 Å². The number of benzene rings is 1. The maximum Gasteiger partial charge on any atom is 0.118 e. The van der Waals surface area contributed by atoms with Crippen LogP contribution in [0.4, 0.5) is 0 Å². The van der Waals surface area contributed by atoms with Crippen molar-refractivity contribution in [3.8, 4) is 5.75 Å². The molecule has 2 nitrogen and oxygen atoms in total. The van der Waals surface area contributed by atoms with Crippen LogP contribution in [0, 0.1) is 0 Å². The molecule has 2 aliphatic heterocycles. The SMILES string of the molecule is COc1ccc(C2C[C@@H]3CCCCN3C2)cc1. The molecule has 1 aromatic carbocycles. The number of hydrogen-bond donors (Lipinski definition) is 0. The van der Waals surface area contributed by atoms with E-state index in [0.717, 1.165) is 17.7 Å². The van der Waals surface area contributed by atoms with Gasteiger partial charge in [0.05, 0.1) is 7.11 Å². The minimum absolute atomic E-state index is 0.740. The van der Waals surface area contributed by atoms with Gasteiger partial charge in [0.25, 0.3) is 0 Å². The van der Waals surface area contributed by atoms with Crippen molar-refractivity contribution in [3.05, 3.63) is 29.8 Å². The normalized spacial score (nSPS) is 29.0. The number of rotatable bonds is 2. The fraction of sp³-hybridized carbons (Fsp3) is 0.600. The summed E-state index contributed by atoms with van der Waals surface area (Å²) in [6, 6.07) is 9.51. The topological polar surface area (TPSA) is 12.5 Å². The summed E-state index contributed by atoms with van der Waals surface area (Å²) < 4.78 is 5.22. The quantitative estimate of drug-likeness (QED) is 0.775. The molecule has 0 aromatic heterocycles. The highest BCUT2D eigenvalue weighted by Crippen LogP contribution is 2.36. The van der Waals surface area contributed by atoms with Gasteiger partial charge in [0, 0.05) is 12.6 Å². The third-order valence-corrected chi connectivity index (χ3v) is 4.35. The first-order valence-corrected chi connectivity index (χ1v) is 6.75. The van der Waals surface area contributed by atoms with Crippen molar-refractivity contribution in [2.45, 2.75) is 37.6 Å². The van der Waals surface area contributed by atoms with Crippen molar-refractivity contribution in [3.63, 3.8) is 0 Å². The van der Waals surface area contributed by atoms with E-state index in [0.29, 0.717) is 0 Å². The molecule has 2 aliphatic rings. The number of fused-ring (bicyclic) bond motifs is 1. The van der Waals surface area contributed by atoms with Gasteiger partial charge < -0.3 is 4.74 Å². The van der Waals surface area contributed by atoms with Crippen LogP contribution in [0.3, 0.4) is 0 Å². The Morgan fingerprint density at radius 3 is 2.71 bits per heavy atom. The van der Waals surface area contributed by atoms with Crippen molar-refractivity contribution in [1.82, 2.24) is 4.90 Å². The summed E-state index contributed by atoms with van der Waals surface area (Å²) in [5, 5.41) is 0. The lowest BCUT2D eigenvalue weighted by molar-refractivity contribution is 0.197. The molecular formula is C15H21NO. The maximum atomic E-state index is 5.22. The zero-order valence-corrected chi connectivity index (χ0v) is 10.6. The van der Waals surface area contributed by atoms with Crippen molar-refractivity contribution < 1.29 is 4.74 Å². The molecule has 0 radical (unpaired) electrons. The van der Waals surface area contributed by atoms with Gasteiger partial charge in [0.15, 0.2) is 0 Å². The fourth-order valence-electron chi connectivity index (χ4n) is 3.37. The van der Waals surface area contributed by atoms with Gasteiger partial charge in [-0.05, 0) is 49.4 Å². The molecule has 17 heavy (non-hydrogen) atoms. The van der Waals surface area contributed by atoms with Crippen LogP contribution in [0.25, 0.3) is 0 Å². The van der Waals surface area contributed by atoms with Crippen LogP contribution in [0.1, 0.15) is 37.2 Å². The van der Waals surface area contributed by atoms with Gasteiger partial charge in [-0.2, -0.15) is 0 Å². The van der Waals surface area contributed by atoms with E-state index >= 15 is 0 Å². The van der Waals surface area contributed by atoms with Crippen molar-refractivity contribution in [1.29, 1.82) is 0 Å². The third kappa shape index (κ3) is 2.19. The molecule has 1 aromatic rings. The zero-order valence-electron chi connectivity index (χ0n) is 10.6. The van der Waals surface area contributed by atoms with E-state index in [-0.39, 0.29) is 0 Å². The predicted molar refractivity (Wildman–Crippen MR) is 69.6 cm³/mol. The molecule has 3 rings (SSSR count). The van der Waals surface area contributed by atoms with Crippen molar-refractivity contribution in [2.75, 3.05) is 20.2 Å². The second-order valence-corrected chi connectivity index (χ2v) is 5.35. The van der Waals surface area contributed by atoms with Crippen LogP contribution < -0.4 is 4.74 Å². The molecule has 2 heterocycles. The van der Waals surface area contributed by atoms with Crippen LogP contribution in [-0.4, -0.2) is 31.1 Å².